The van der Waals surface area contributed by atoms with Gasteiger partial charge in [-0.2, -0.15) is 9.61 Å². The average molecular weight is 437 g/mol. The number of aromatic nitrogens is 7. The Bertz CT molecular complexity index is 1500. The van der Waals surface area contributed by atoms with Crippen LogP contribution in [0.25, 0.3) is 22.4 Å². The van der Waals surface area contributed by atoms with E-state index in [1.54, 1.807) is 42.6 Å². The summed E-state index contributed by atoms with van der Waals surface area (Å²) in [5, 5.41) is 12.5. The van der Waals surface area contributed by atoms with Crippen molar-refractivity contribution in [3.05, 3.63) is 76.5 Å². The molecule has 0 fully saturated rings. The largest absolute Gasteiger partial charge is 0.299 e. The van der Waals surface area contributed by atoms with Gasteiger partial charge in [0.1, 0.15) is 10.8 Å². The van der Waals surface area contributed by atoms with Crippen LogP contribution in [0, 0.1) is 6.92 Å². The van der Waals surface area contributed by atoms with E-state index in [1.807, 2.05) is 13.0 Å². The van der Waals surface area contributed by atoms with E-state index >= 15 is 0 Å². The van der Waals surface area contributed by atoms with Gasteiger partial charge >= 0.3 is 0 Å². The number of hydrogen-bond acceptors (Lipinski definition) is 7. The molecule has 0 amide bonds. The van der Waals surface area contributed by atoms with Crippen LogP contribution in [-0.4, -0.2) is 34.3 Å². The standard InChI is InChI=1S/C20H13F2N7OS/c1-11-8-9-23-15(10-11)28-19(30)12-4-2-3-5-13(12)24-20(28)31-16-7-6-14-25-26-18(17(21)22)29(14)27-16/h2-10,17H,1H3. The molecule has 0 aliphatic rings. The van der Waals surface area contributed by atoms with Gasteiger partial charge in [-0.25, -0.2) is 23.3 Å². The minimum atomic E-state index is -2.82. The van der Waals surface area contributed by atoms with E-state index in [1.165, 1.54) is 10.6 Å². The van der Waals surface area contributed by atoms with Crippen molar-refractivity contribution < 1.29 is 8.78 Å². The smallest absolute Gasteiger partial charge is 0.268 e. The van der Waals surface area contributed by atoms with E-state index in [9.17, 15) is 13.6 Å². The van der Waals surface area contributed by atoms with Crippen LogP contribution in [0.15, 0.2) is 69.7 Å². The SMILES string of the molecule is Cc1ccnc(-n2c(Sc3ccc4nnc(C(F)F)n4n3)nc3ccccc3c2=O)c1. The van der Waals surface area contributed by atoms with Gasteiger partial charge in [-0.1, -0.05) is 12.1 Å². The Kier molecular flexibility index (Phi) is 4.66. The molecule has 31 heavy (non-hydrogen) atoms. The van der Waals surface area contributed by atoms with E-state index in [0.717, 1.165) is 21.8 Å². The Balaban J connectivity index is 1.71. The van der Waals surface area contributed by atoms with Crippen molar-refractivity contribution in [1.29, 1.82) is 0 Å². The van der Waals surface area contributed by atoms with Crippen molar-refractivity contribution in [1.82, 2.24) is 34.3 Å². The summed E-state index contributed by atoms with van der Waals surface area (Å²) < 4.78 is 28.8. The summed E-state index contributed by atoms with van der Waals surface area (Å²) in [5.41, 5.74) is 1.35. The maximum atomic E-state index is 13.3. The Morgan fingerprint density at radius 1 is 1.06 bits per heavy atom. The summed E-state index contributed by atoms with van der Waals surface area (Å²) in [6, 6.07) is 13.7. The van der Waals surface area contributed by atoms with Crippen molar-refractivity contribution in [3.63, 3.8) is 0 Å². The van der Waals surface area contributed by atoms with Crippen LogP contribution in [0.5, 0.6) is 0 Å². The Hall–Kier alpha value is -3.73. The lowest BCUT2D eigenvalue weighted by Crippen LogP contribution is -2.22. The third kappa shape index (κ3) is 3.42. The van der Waals surface area contributed by atoms with Crippen molar-refractivity contribution in [2.24, 2.45) is 0 Å². The first-order chi connectivity index (χ1) is 15.0. The number of fused-ring (bicyclic) bond motifs is 2. The number of para-hydroxylation sites is 1. The van der Waals surface area contributed by atoms with Crippen LogP contribution in [0.4, 0.5) is 8.78 Å². The molecule has 0 unspecified atom stereocenters. The molecule has 4 aromatic heterocycles. The number of nitrogens with zero attached hydrogens (tertiary/aromatic N) is 7. The van der Waals surface area contributed by atoms with E-state index in [0.29, 0.717) is 26.9 Å². The number of rotatable bonds is 4. The quantitative estimate of drug-likeness (QED) is 0.397. The lowest BCUT2D eigenvalue weighted by atomic mass is 10.2. The van der Waals surface area contributed by atoms with Crippen LogP contribution in [0.3, 0.4) is 0 Å². The van der Waals surface area contributed by atoms with Gasteiger partial charge in [-0.15, -0.1) is 10.2 Å². The molecule has 0 saturated carbocycles. The van der Waals surface area contributed by atoms with Crippen molar-refractivity contribution in [2.75, 3.05) is 0 Å². The molecule has 4 heterocycles. The lowest BCUT2D eigenvalue weighted by molar-refractivity contribution is 0.137. The van der Waals surface area contributed by atoms with Crippen LogP contribution < -0.4 is 5.56 Å². The molecule has 11 heteroatoms. The van der Waals surface area contributed by atoms with Gasteiger partial charge < -0.3 is 0 Å². The van der Waals surface area contributed by atoms with Gasteiger partial charge in [0.2, 0.25) is 5.82 Å². The number of alkyl halides is 2. The molecule has 0 aliphatic carbocycles. The van der Waals surface area contributed by atoms with Crippen LogP contribution in [0.1, 0.15) is 17.8 Å². The first kappa shape index (κ1) is 19.2. The molecule has 0 radical (unpaired) electrons. The average Bonchev–Trinajstić information content (AvgIpc) is 3.17. The zero-order valence-electron chi connectivity index (χ0n) is 16.0. The Morgan fingerprint density at radius 3 is 2.71 bits per heavy atom. The maximum absolute atomic E-state index is 13.3. The summed E-state index contributed by atoms with van der Waals surface area (Å²) in [6.07, 6.45) is -1.21. The summed E-state index contributed by atoms with van der Waals surface area (Å²) in [5.74, 6) is -0.147. The Labute approximate surface area is 177 Å². The van der Waals surface area contributed by atoms with Crippen LogP contribution in [-0.2, 0) is 0 Å². The van der Waals surface area contributed by atoms with Gasteiger partial charge in [0.05, 0.1) is 10.9 Å². The number of benzene rings is 1. The monoisotopic (exact) mass is 437 g/mol. The number of hydrogen-bond donors (Lipinski definition) is 0. The van der Waals surface area contributed by atoms with Crippen molar-refractivity contribution in [3.8, 4) is 5.82 Å². The van der Waals surface area contributed by atoms with Crippen LogP contribution >= 0.6 is 11.8 Å². The van der Waals surface area contributed by atoms with E-state index in [-0.39, 0.29) is 11.2 Å². The molecule has 5 rings (SSSR count). The molecule has 1 aromatic carbocycles. The molecule has 0 atom stereocenters. The van der Waals surface area contributed by atoms with Crippen molar-refractivity contribution in [2.45, 2.75) is 23.5 Å². The summed E-state index contributed by atoms with van der Waals surface area (Å²) >= 11 is 1.06. The van der Waals surface area contributed by atoms with Crippen molar-refractivity contribution >= 4 is 28.3 Å². The molecule has 154 valence electrons. The van der Waals surface area contributed by atoms with E-state index in [4.69, 9.17) is 0 Å². The molecule has 8 nitrogen and oxygen atoms in total. The molecule has 0 saturated heterocycles. The predicted octanol–water partition coefficient (Wildman–Crippen LogP) is 3.62. The predicted molar refractivity (Wildman–Crippen MR) is 110 cm³/mol. The lowest BCUT2D eigenvalue weighted by Gasteiger charge is -2.12. The maximum Gasteiger partial charge on any atom is 0.299 e. The zero-order valence-corrected chi connectivity index (χ0v) is 16.8. The highest BCUT2D eigenvalue weighted by Crippen LogP contribution is 2.27. The highest BCUT2D eigenvalue weighted by Gasteiger charge is 2.19. The molecular weight excluding hydrogens is 424 g/mol. The normalized spacial score (nSPS) is 11.6. The van der Waals surface area contributed by atoms with Gasteiger partial charge in [0.25, 0.3) is 12.0 Å². The number of pyridine rings is 1. The summed E-state index contributed by atoms with van der Waals surface area (Å²) in [4.78, 5) is 22.2. The second-order valence-electron chi connectivity index (χ2n) is 6.65. The number of halogens is 2. The topological polar surface area (TPSA) is 90.9 Å². The van der Waals surface area contributed by atoms with Gasteiger partial charge in [-0.05, 0) is 60.6 Å². The number of aryl methyl sites for hydroxylation is 1. The zero-order chi connectivity index (χ0) is 21.5. The van der Waals surface area contributed by atoms with Crippen LogP contribution in [0.2, 0.25) is 0 Å². The Morgan fingerprint density at radius 2 is 1.90 bits per heavy atom. The summed E-state index contributed by atoms with van der Waals surface area (Å²) in [7, 11) is 0. The van der Waals surface area contributed by atoms with E-state index < -0.39 is 12.2 Å². The fraction of sp³-hybridized carbons (Fsp3) is 0.100. The molecule has 5 aromatic rings. The highest BCUT2D eigenvalue weighted by atomic mass is 32.2. The van der Waals surface area contributed by atoms with Gasteiger partial charge in [-0.3, -0.25) is 4.79 Å². The molecule has 0 N–H and O–H groups in total. The molecule has 0 aliphatic heterocycles. The fourth-order valence-corrected chi connectivity index (χ4v) is 3.96. The van der Waals surface area contributed by atoms with Gasteiger partial charge in [0.15, 0.2) is 10.8 Å². The first-order valence-corrected chi connectivity index (χ1v) is 9.96. The third-order valence-corrected chi connectivity index (χ3v) is 5.41. The third-order valence-electron chi connectivity index (χ3n) is 4.53. The second-order valence-corrected chi connectivity index (χ2v) is 7.63. The van der Waals surface area contributed by atoms with Gasteiger partial charge in [0, 0.05) is 6.20 Å². The molecular formula is C20H13F2N7OS. The first-order valence-electron chi connectivity index (χ1n) is 9.14. The summed E-state index contributed by atoms with van der Waals surface area (Å²) in [6.45, 7) is 1.89. The fourth-order valence-electron chi connectivity index (χ4n) is 3.10. The second kappa shape index (κ2) is 7.51. The van der Waals surface area contributed by atoms with E-state index in [2.05, 4.69) is 25.3 Å². The molecule has 0 spiro atoms. The minimum absolute atomic E-state index is 0.198. The highest BCUT2D eigenvalue weighted by molar-refractivity contribution is 7.99. The minimum Gasteiger partial charge on any atom is -0.268 e. The molecule has 0 bridgehead atoms.